The minimum absolute atomic E-state index is 0.466. The van der Waals surface area contributed by atoms with Crippen LogP contribution in [0.4, 0.5) is 0 Å². The third kappa shape index (κ3) is 4.02. The molecule has 25 heavy (non-hydrogen) atoms. The van der Waals surface area contributed by atoms with Gasteiger partial charge in [0.1, 0.15) is 18.2 Å². The maximum Gasteiger partial charge on any atom is 0.147 e. The van der Waals surface area contributed by atoms with E-state index in [0.29, 0.717) is 6.61 Å². The van der Waals surface area contributed by atoms with Gasteiger partial charge in [0.05, 0.1) is 11.0 Å². The van der Waals surface area contributed by atoms with Gasteiger partial charge in [-0.05, 0) is 56.5 Å². The predicted molar refractivity (Wildman–Crippen MR) is 101 cm³/mol. The van der Waals surface area contributed by atoms with Crippen molar-refractivity contribution in [3.05, 3.63) is 59.4 Å². The lowest BCUT2D eigenvalue weighted by atomic mass is 10.1. The van der Waals surface area contributed by atoms with Gasteiger partial charge in [-0.1, -0.05) is 24.3 Å². The second-order valence-electron chi connectivity index (χ2n) is 6.21. The van der Waals surface area contributed by atoms with Gasteiger partial charge in [-0.2, -0.15) is 0 Å². The average Bonchev–Trinajstić information content (AvgIpc) is 2.98. The van der Waals surface area contributed by atoms with Crippen molar-refractivity contribution in [2.45, 2.75) is 40.3 Å². The van der Waals surface area contributed by atoms with Gasteiger partial charge in [0.25, 0.3) is 0 Å². The average molecular weight is 338 g/mol. The fourth-order valence-corrected chi connectivity index (χ4v) is 2.98. The molecule has 0 aliphatic carbocycles. The lowest BCUT2D eigenvalue weighted by molar-refractivity contribution is 0.141. The molecule has 0 N–H and O–H groups in total. The van der Waals surface area contributed by atoms with E-state index in [1.807, 2.05) is 25.1 Å². The van der Waals surface area contributed by atoms with Gasteiger partial charge in [0, 0.05) is 19.8 Å². The lowest BCUT2D eigenvalue weighted by Gasteiger charge is -2.13. The smallest absolute Gasteiger partial charge is 0.147 e. The molecule has 0 bridgehead atoms. The van der Waals surface area contributed by atoms with Crippen LogP contribution in [-0.2, 0) is 17.9 Å². The summed E-state index contributed by atoms with van der Waals surface area (Å²) in [7, 11) is 0. The number of aryl methyl sites for hydroxylation is 2. The van der Waals surface area contributed by atoms with Gasteiger partial charge in [-0.25, -0.2) is 4.98 Å². The minimum atomic E-state index is 0.466. The number of hydrogen-bond acceptors (Lipinski definition) is 3. The van der Waals surface area contributed by atoms with Crippen LogP contribution in [0.2, 0.25) is 0 Å². The van der Waals surface area contributed by atoms with Crippen molar-refractivity contribution in [1.82, 2.24) is 9.55 Å². The number of aromatic nitrogens is 2. The van der Waals surface area contributed by atoms with E-state index in [9.17, 15) is 0 Å². The largest absolute Gasteiger partial charge is 0.485 e. The van der Waals surface area contributed by atoms with Gasteiger partial charge in [0.2, 0.25) is 0 Å². The maximum absolute atomic E-state index is 6.09. The Labute approximate surface area is 149 Å². The number of fused-ring (bicyclic) bond motifs is 1. The Kier molecular flexibility index (Phi) is 5.71. The number of imidazole rings is 1. The Balaban J connectivity index is 1.80. The van der Waals surface area contributed by atoms with Gasteiger partial charge < -0.3 is 14.0 Å². The molecular formula is C21H26N2O2. The molecule has 2 aromatic carbocycles. The second kappa shape index (κ2) is 8.17. The van der Waals surface area contributed by atoms with E-state index in [-0.39, 0.29) is 0 Å². The Hall–Kier alpha value is -2.33. The van der Waals surface area contributed by atoms with Crippen molar-refractivity contribution in [1.29, 1.82) is 0 Å². The molecule has 0 aliphatic rings. The molecule has 3 rings (SSSR count). The summed E-state index contributed by atoms with van der Waals surface area (Å²) >= 11 is 0. The molecule has 4 nitrogen and oxygen atoms in total. The molecule has 1 heterocycles. The zero-order valence-corrected chi connectivity index (χ0v) is 15.3. The number of benzene rings is 2. The normalized spacial score (nSPS) is 11.2. The van der Waals surface area contributed by atoms with Crippen molar-refractivity contribution in [3.63, 3.8) is 0 Å². The molecule has 0 saturated heterocycles. The first-order valence-electron chi connectivity index (χ1n) is 8.91. The van der Waals surface area contributed by atoms with E-state index in [0.717, 1.165) is 48.8 Å². The van der Waals surface area contributed by atoms with E-state index >= 15 is 0 Å². The zero-order valence-electron chi connectivity index (χ0n) is 15.3. The van der Waals surface area contributed by atoms with Crippen LogP contribution in [-0.4, -0.2) is 22.8 Å². The minimum Gasteiger partial charge on any atom is -0.485 e. The van der Waals surface area contributed by atoms with E-state index < -0.39 is 0 Å². The zero-order chi connectivity index (χ0) is 17.6. The molecule has 0 atom stereocenters. The first kappa shape index (κ1) is 17.5. The molecule has 0 saturated carbocycles. The summed E-state index contributed by atoms with van der Waals surface area (Å²) in [6.45, 7) is 9.09. The van der Waals surface area contributed by atoms with Crippen LogP contribution in [0.1, 0.15) is 30.3 Å². The number of para-hydroxylation sites is 2. The highest BCUT2D eigenvalue weighted by Gasteiger charge is 2.11. The molecular weight excluding hydrogens is 312 g/mol. The van der Waals surface area contributed by atoms with Crippen molar-refractivity contribution < 1.29 is 9.47 Å². The fourth-order valence-electron chi connectivity index (χ4n) is 2.98. The summed E-state index contributed by atoms with van der Waals surface area (Å²) in [5, 5.41) is 0. The molecule has 0 amide bonds. The van der Waals surface area contributed by atoms with E-state index in [4.69, 9.17) is 14.5 Å². The highest BCUT2D eigenvalue weighted by molar-refractivity contribution is 5.75. The molecule has 3 aromatic rings. The Morgan fingerprint density at radius 3 is 2.72 bits per heavy atom. The van der Waals surface area contributed by atoms with Gasteiger partial charge >= 0.3 is 0 Å². The molecule has 4 heteroatoms. The number of rotatable bonds is 8. The van der Waals surface area contributed by atoms with Crippen molar-refractivity contribution in [2.24, 2.45) is 0 Å². The summed E-state index contributed by atoms with van der Waals surface area (Å²) in [6, 6.07) is 14.4. The first-order valence-corrected chi connectivity index (χ1v) is 8.91. The van der Waals surface area contributed by atoms with E-state index in [1.165, 1.54) is 11.1 Å². The standard InChI is InChI=1S/C21H26N2O2/c1-4-24-14-8-13-23-19-11-6-5-10-18(19)22-21(23)15-25-20-12-7-9-16(2)17(20)3/h5-7,9-12H,4,8,13-15H2,1-3H3. The van der Waals surface area contributed by atoms with E-state index in [2.05, 4.69) is 42.7 Å². The summed E-state index contributed by atoms with van der Waals surface area (Å²) in [5.74, 6) is 1.88. The van der Waals surface area contributed by atoms with Gasteiger partial charge in [-0.15, -0.1) is 0 Å². The Morgan fingerprint density at radius 1 is 1.04 bits per heavy atom. The van der Waals surface area contributed by atoms with Crippen LogP contribution in [0, 0.1) is 13.8 Å². The first-order chi connectivity index (χ1) is 12.2. The highest BCUT2D eigenvalue weighted by atomic mass is 16.5. The van der Waals surface area contributed by atoms with Gasteiger partial charge in [-0.3, -0.25) is 0 Å². The lowest BCUT2D eigenvalue weighted by Crippen LogP contribution is -2.09. The highest BCUT2D eigenvalue weighted by Crippen LogP contribution is 2.23. The van der Waals surface area contributed by atoms with Crippen molar-refractivity contribution in [3.8, 4) is 5.75 Å². The number of ether oxygens (including phenoxy) is 2. The van der Waals surface area contributed by atoms with Crippen LogP contribution in [0.3, 0.4) is 0 Å². The predicted octanol–water partition coefficient (Wildman–Crippen LogP) is 4.66. The third-order valence-corrected chi connectivity index (χ3v) is 4.52. The third-order valence-electron chi connectivity index (χ3n) is 4.52. The molecule has 132 valence electrons. The number of hydrogen-bond donors (Lipinski definition) is 0. The quantitative estimate of drug-likeness (QED) is 0.561. The number of nitrogens with zero attached hydrogens (tertiary/aromatic N) is 2. The molecule has 0 aliphatic heterocycles. The van der Waals surface area contributed by atoms with E-state index in [1.54, 1.807) is 0 Å². The van der Waals surface area contributed by atoms with Crippen molar-refractivity contribution >= 4 is 11.0 Å². The molecule has 1 aromatic heterocycles. The van der Waals surface area contributed by atoms with Crippen LogP contribution in [0.25, 0.3) is 11.0 Å². The van der Waals surface area contributed by atoms with Crippen LogP contribution in [0.15, 0.2) is 42.5 Å². The molecule has 0 spiro atoms. The molecule has 0 fully saturated rings. The maximum atomic E-state index is 6.09. The SMILES string of the molecule is CCOCCCn1c(COc2cccc(C)c2C)nc2ccccc21. The summed E-state index contributed by atoms with van der Waals surface area (Å²) in [5.41, 5.74) is 4.58. The monoisotopic (exact) mass is 338 g/mol. The molecule has 0 radical (unpaired) electrons. The topological polar surface area (TPSA) is 36.3 Å². The second-order valence-corrected chi connectivity index (χ2v) is 6.21. The summed E-state index contributed by atoms with van der Waals surface area (Å²) in [6.07, 6.45) is 0.963. The molecule has 0 unspecified atom stereocenters. The van der Waals surface area contributed by atoms with Crippen LogP contribution in [0.5, 0.6) is 5.75 Å². The van der Waals surface area contributed by atoms with Crippen LogP contribution >= 0.6 is 0 Å². The summed E-state index contributed by atoms with van der Waals surface area (Å²) < 4.78 is 13.8. The Morgan fingerprint density at radius 2 is 1.88 bits per heavy atom. The van der Waals surface area contributed by atoms with Crippen molar-refractivity contribution in [2.75, 3.05) is 13.2 Å². The fraction of sp³-hybridized carbons (Fsp3) is 0.381. The van der Waals surface area contributed by atoms with Gasteiger partial charge in [0.15, 0.2) is 0 Å². The van der Waals surface area contributed by atoms with Crippen LogP contribution < -0.4 is 4.74 Å². The Bertz CT molecular complexity index is 839. The summed E-state index contributed by atoms with van der Waals surface area (Å²) in [4.78, 5) is 4.78.